The van der Waals surface area contributed by atoms with Crippen LogP contribution in [0.15, 0.2) is 36.4 Å². The lowest BCUT2D eigenvalue weighted by Gasteiger charge is -2.22. The highest BCUT2D eigenvalue weighted by Crippen LogP contribution is 2.30. The van der Waals surface area contributed by atoms with Gasteiger partial charge in [-0.25, -0.2) is 0 Å². The molecule has 7 heteroatoms. The number of hydrogen-bond acceptors (Lipinski definition) is 4. The van der Waals surface area contributed by atoms with Crippen molar-refractivity contribution in [1.82, 2.24) is 4.90 Å². The van der Waals surface area contributed by atoms with Crippen LogP contribution in [0.5, 0.6) is 5.75 Å². The highest BCUT2D eigenvalue weighted by molar-refractivity contribution is 7.17. The molecule has 0 aliphatic rings. The first-order chi connectivity index (χ1) is 10.9. The van der Waals surface area contributed by atoms with Crippen LogP contribution in [0.1, 0.15) is 16.6 Å². The zero-order valence-electron chi connectivity index (χ0n) is 12.8. The number of amides is 1. The lowest BCUT2D eigenvalue weighted by Crippen LogP contribution is -2.39. The molecule has 1 unspecified atom stereocenters. The van der Waals surface area contributed by atoms with Crippen LogP contribution in [0.2, 0.25) is 0 Å². The minimum Gasteiger partial charge on any atom is -0.435 e. The van der Waals surface area contributed by atoms with Gasteiger partial charge >= 0.3 is 6.61 Å². The van der Waals surface area contributed by atoms with E-state index in [2.05, 4.69) is 4.74 Å². The highest BCUT2D eigenvalue weighted by atomic mass is 32.1. The maximum absolute atomic E-state index is 12.3. The normalized spacial score (nSPS) is 12.3. The fourth-order valence-electron chi connectivity index (χ4n) is 1.94. The van der Waals surface area contributed by atoms with Crippen molar-refractivity contribution in [2.75, 3.05) is 13.6 Å². The molecule has 2 rings (SSSR count). The molecule has 23 heavy (non-hydrogen) atoms. The van der Waals surface area contributed by atoms with Crippen molar-refractivity contribution in [2.45, 2.75) is 19.6 Å². The quantitative estimate of drug-likeness (QED) is 0.876. The van der Waals surface area contributed by atoms with Gasteiger partial charge in [-0.2, -0.15) is 8.78 Å². The van der Waals surface area contributed by atoms with Gasteiger partial charge in [0.2, 0.25) is 0 Å². The number of thiophene rings is 1. The number of ether oxygens (including phenoxy) is 1. The zero-order chi connectivity index (χ0) is 17.0. The molecule has 2 aromatic rings. The third-order valence-corrected chi connectivity index (χ3v) is 4.63. The Labute approximate surface area is 137 Å². The van der Waals surface area contributed by atoms with Gasteiger partial charge in [0, 0.05) is 24.5 Å². The molecule has 0 radical (unpaired) electrons. The fourth-order valence-corrected chi connectivity index (χ4v) is 2.94. The molecule has 0 bridgehead atoms. The predicted molar refractivity (Wildman–Crippen MR) is 87.0 cm³/mol. The topological polar surface area (TPSA) is 55.6 Å². The summed E-state index contributed by atoms with van der Waals surface area (Å²) in [4.78, 5) is 15.4. The molecule has 0 spiro atoms. The van der Waals surface area contributed by atoms with Crippen LogP contribution in [0.25, 0.3) is 10.4 Å². The standard InChI is InChI=1S/C16H18F2N2O2S/c1-10(9-19)20(2)15(21)14-8-7-13(23-14)11-3-5-12(6-4-11)22-16(17)18/h3-8,10,16H,9,19H2,1-2H3. The average molecular weight is 340 g/mol. The van der Waals surface area contributed by atoms with E-state index < -0.39 is 6.61 Å². The molecule has 0 saturated heterocycles. The van der Waals surface area contributed by atoms with Crippen LogP contribution in [0.4, 0.5) is 8.78 Å². The van der Waals surface area contributed by atoms with Gasteiger partial charge in [0.25, 0.3) is 5.91 Å². The Bertz CT molecular complexity index is 658. The zero-order valence-corrected chi connectivity index (χ0v) is 13.6. The largest absolute Gasteiger partial charge is 0.435 e. The molecular formula is C16H18F2N2O2S. The summed E-state index contributed by atoms with van der Waals surface area (Å²) < 4.78 is 28.6. The lowest BCUT2D eigenvalue weighted by molar-refractivity contribution is -0.0498. The molecule has 1 aromatic heterocycles. The summed E-state index contributed by atoms with van der Waals surface area (Å²) in [6, 6.07) is 9.87. The Hall–Kier alpha value is -1.99. The number of nitrogens with zero attached hydrogens (tertiary/aromatic N) is 1. The number of carbonyl (C=O) groups is 1. The third-order valence-electron chi connectivity index (χ3n) is 3.50. The van der Waals surface area contributed by atoms with Crippen molar-refractivity contribution in [3.63, 3.8) is 0 Å². The maximum atomic E-state index is 12.3. The Kier molecular flexibility index (Phi) is 5.68. The third kappa shape index (κ3) is 4.27. The summed E-state index contributed by atoms with van der Waals surface area (Å²) in [7, 11) is 1.72. The van der Waals surface area contributed by atoms with Crippen molar-refractivity contribution in [1.29, 1.82) is 0 Å². The van der Waals surface area contributed by atoms with Crippen LogP contribution < -0.4 is 10.5 Å². The Morgan fingerprint density at radius 1 is 1.26 bits per heavy atom. The van der Waals surface area contributed by atoms with E-state index >= 15 is 0 Å². The molecule has 1 amide bonds. The molecule has 1 heterocycles. The van der Waals surface area contributed by atoms with E-state index in [0.29, 0.717) is 11.4 Å². The minimum absolute atomic E-state index is 0.0428. The number of alkyl halides is 2. The van der Waals surface area contributed by atoms with Gasteiger partial charge < -0.3 is 15.4 Å². The van der Waals surface area contributed by atoms with E-state index in [0.717, 1.165) is 10.4 Å². The smallest absolute Gasteiger partial charge is 0.387 e. The first-order valence-electron chi connectivity index (χ1n) is 7.04. The van der Waals surface area contributed by atoms with Crippen LogP contribution in [-0.2, 0) is 0 Å². The molecule has 0 fully saturated rings. The van der Waals surface area contributed by atoms with E-state index in [1.807, 2.05) is 13.0 Å². The van der Waals surface area contributed by atoms with Crippen LogP contribution >= 0.6 is 11.3 Å². The van der Waals surface area contributed by atoms with Gasteiger partial charge in [-0.3, -0.25) is 4.79 Å². The van der Waals surface area contributed by atoms with Crippen LogP contribution in [-0.4, -0.2) is 37.1 Å². The first kappa shape index (κ1) is 17.4. The number of benzene rings is 1. The summed E-state index contributed by atoms with van der Waals surface area (Å²) in [6.45, 7) is -0.563. The van der Waals surface area contributed by atoms with Gasteiger partial charge in [-0.1, -0.05) is 0 Å². The summed E-state index contributed by atoms with van der Waals surface area (Å²) >= 11 is 1.35. The van der Waals surface area contributed by atoms with Gasteiger partial charge in [-0.15, -0.1) is 11.3 Å². The Morgan fingerprint density at radius 2 is 1.91 bits per heavy atom. The van der Waals surface area contributed by atoms with Gasteiger partial charge in [0.1, 0.15) is 5.75 Å². The first-order valence-corrected chi connectivity index (χ1v) is 7.86. The lowest BCUT2D eigenvalue weighted by atomic mass is 10.2. The van der Waals surface area contributed by atoms with E-state index in [1.54, 1.807) is 30.1 Å². The maximum Gasteiger partial charge on any atom is 0.387 e. The second-order valence-corrected chi connectivity index (χ2v) is 6.15. The van der Waals surface area contributed by atoms with E-state index in [9.17, 15) is 13.6 Å². The molecule has 2 N–H and O–H groups in total. The number of nitrogens with two attached hydrogens (primary N) is 1. The van der Waals surface area contributed by atoms with Crippen molar-refractivity contribution >= 4 is 17.2 Å². The van der Waals surface area contributed by atoms with Crippen molar-refractivity contribution in [2.24, 2.45) is 5.73 Å². The number of carbonyl (C=O) groups excluding carboxylic acids is 1. The number of halogens is 2. The summed E-state index contributed by atoms with van der Waals surface area (Å²) in [5.41, 5.74) is 6.42. The van der Waals surface area contributed by atoms with E-state index in [-0.39, 0.29) is 17.7 Å². The molecule has 4 nitrogen and oxygen atoms in total. The summed E-state index contributed by atoms with van der Waals surface area (Å²) in [6.07, 6.45) is 0. The van der Waals surface area contributed by atoms with Crippen molar-refractivity contribution in [3.8, 4) is 16.2 Å². The Balaban J connectivity index is 2.14. The minimum atomic E-state index is -2.84. The molecule has 0 saturated carbocycles. The summed E-state index contributed by atoms with van der Waals surface area (Å²) in [5, 5.41) is 0. The molecular weight excluding hydrogens is 322 g/mol. The SMILES string of the molecule is CC(CN)N(C)C(=O)c1ccc(-c2ccc(OC(F)F)cc2)s1. The van der Waals surface area contributed by atoms with Crippen molar-refractivity contribution < 1.29 is 18.3 Å². The summed E-state index contributed by atoms with van der Waals surface area (Å²) in [5.74, 6) is 0.0185. The number of rotatable bonds is 6. The molecule has 124 valence electrons. The molecule has 1 atom stereocenters. The second-order valence-electron chi connectivity index (χ2n) is 5.07. The van der Waals surface area contributed by atoms with Crippen LogP contribution in [0, 0.1) is 0 Å². The number of likely N-dealkylation sites (N-methyl/N-ethyl adjacent to an activating group) is 1. The predicted octanol–water partition coefficient (Wildman–Crippen LogP) is 3.44. The molecule has 0 aliphatic carbocycles. The fraction of sp³-hybridized carbons (Fsp3) is 0.312. The average Bonchev–Trinajstić information content (AvgIpc) is 3.02. The van der Waals surface area contributed by atoms with E-state index in [1.165, 1.54) is 23.5 Å². The number of hydrogen-bond donors (Lipinski definition) is 1. The van der Waals surface area contributed by atoms with Crippen LogP contribution in [0.3, 0.4) is 0 Å². The van der Waals surface area contributed by atoms with Crippen molar-refractivity contribution in [3.05, 3.63) is 41.3 Å². The molecule has 1 aromatic carbocycles. The van der Waals surface area contributed by atoms with Gasteiger partial charge in [-0.05, 0) is 48.9 Å². The van der Waals surface area contributed by atoms with Gasteiger partial charge in [0.15, 0.2) is 0 Å². The second kappa shape index (κ2) is 7.52. The van der Waals surface area contributed by atoms with Gasteiger partial charge in [0.05, 0.1) is 4.88 Å². The highest BCUT2D eigenvalue weighted by Gasteiger charge is 2.18. The Morgan fingerprint density at radius 3 is 2.48 bits per heavy atom. The monoisotopic (exact) mass is 340 g/mol. The van der Waals surface area contributed by atoms with E-state index in [4.69, 9.17) is 5.73 Å². The molecule has 0 aliphatic heterocycles.